The van der Waals surface area contributed by atoms with Crippen LogP contribution in [0.5, 0.6) is 0 Å². The number of benzene rings is 2. The number of nitrogens with zero attached hydrogens (tertiary/aromatic N) is 1. The molecule has 148 valence electrons. The van der Waals surface area contributed by atoms with Gasteiger partial charge in [0.15, 0.2) is 0 Å². The molecule has 5 nitrogen and oxygen atoms in total. The van der Waals surface area contributed by atoms with Crippen molar-refractivity contribution in [2.45, 2.75) is 31.7 Å². The van der Waals surface area contributed by atoms with E-state index in [4.69, 9.17) is 0 Å². The van der Waals surface area contributed by atoms with Gasteiger partial charge in [0.05, 0.1) is 11.7 Å². The maximum absolute atomic E-state index is 13.2. The highest BCUT2D eigenvalue weighted by atomic mass is 32.2. The predicted octanol–water partition coefficient (Wildman–Crippen LogP) is 3.00. The van der Waals surface area contributed by atoms with E-state index in [1.165, 1.54) is 16.7 Å². The molecule has 2 fully saturated rings. The van der Waals surface area contributed by atoms with Crippen molar-refractivity contribution in [3.8, 4) is 11.1 Å². The fourth-order valence-electron chi connectivity index (χ4n) is 4.44. The molecule has 1 N–H and O–H groups in total. The summed E-state index contributed by atoms with van der Waals surface area (Å²) in [4.78, 5) is 15.0. The first-order valence-electron chi connectivity index (χ1n) is 9.69. The zero-order valence-electron chi connectivity index (χ0n) is 16.3. The number of rotatable bonds is 5. The molecule has 1 heterocycles. The van der Waals surface area contributed by atoms with E-state index in [1.807, 2.05) is 42.2 Å². The SMILES string of the molecule is C[C@@]1(C(=O)N2CC[C@H](NS(C)(=O)=O)C2)C[C@H]1c1ccccc1-c1ccccc1. The number of amides is 1. The van der Waals surface area contributed by atoms with Gasteiger partial charge in [0.25, 0.3) is 0 Å². The van der Waals surface area contributed by atoms with Gasteiger partial charge in [0.1, 0.15) is 0 Å². The summed E-state index contributed by atoms with van der Waals surface area (Å²) in [5.41, 5.74) is 3.15. The topological polar surface area (TPSA) is 66.5 Å². The normalized spacial score (nSPS) is 27.0. The molecule has 1 amide bonds. The van der Waals surface area contributed by atoms with Crippen LogP contribution in [0.4, 0.5) is 0 Å². The number of carbonyl (C=O) groups is 1. The van der Waals surface area contributed by atoms with Gasteiger partial charge in [-0.25, -0.2) is 13.1 Å². The van der Waals surface area contributed by atoms with E-state index in [9.17, 15) is 13.2 Å². The van der Waals surface area contributed by atoms with Crippen molar-refractivity contribution in [2.75, 3.05) is 19.3 Å². The molecule has 3 atom stereocenters. The van der Waals surface area contributed by atoms with Gasteiger partial charge >= 0.3 is 0 Å². The molecular formula is C22H26N2O3S. The van der Waals surface area contributed by atoms with Gasteiger partial charge in [0.2, 0.25) is 15.9 Å². The third-order valence-electron chi connectivity index (χ3n) is 6.00. The number of sulfonamides is 1. The fraction of sp³-hybridized carbons (Fsp3) is 0.409. The van der Waals surface area contributed by atoms with Crippen molar-refractivity contribution in [3.63, 3.8) is 0 Å². The molecule has 2 aromatic rings. The summed E-state index contributed by atoms with van der Waals surface area (Å²) >= 11 is 0. The second-order valence-electron chi connectivity index (χ2n) is 8.25. The standard InChI is InChI=1S/C22H26N2O3S/c1-22(21(25)24-13-12-17(15-24)23-28(2,26)27)14-20(22)19-11-7-6-10-18(19)16-8-4-3-5-9-16/h3-11,17,20,23H,12-15H2,1-2H3/t17-,20-,22+/m0/s1. The van der Waals surface area contributed by atoms with Crippen molar-refractivity contribution in [2.24, 2.45) is 5.41 Å². The van der Waals surface area contributed by atoms with Gasteiger partial charge in [-0.15, -0.1) is 0 Å². The Kier molecular flexibility index (Phi) is 4.79. The summed E-state index contributed by atoms with van der Waals surface area (Å²) in [6, 6.07) is 18.4. The first-order valence-corrected chi connectivity index (χ1v) is 11.6. The summed E-state index contributed by atoms with van der Waals surface area (Å²) in [5, 5.41) is 0. The van der Waals surface area contributed by atoms with Gasteiger partial charge in [-0.05, 0) is 35.4 Å². The zero-order chi connectivity index (χ0) is 19.9. The van der Waals surface area contributed by atoms with Crippen LogP contribution >= 0.6 is 0 Å². The summed E-state index contributed by atoms with van der Waals surface area (Å²) in [6.07, 6.45) is 2.66. The van der Waals surface area contributed by atoms with E-state index in [0.29, 0.717) is 19.5 Å². The van der Waals surface area contributed by atoms with Crippen molar-refractivity contribution >= 4 is 15.9 Å². The average molecular weight is 399 g/mol. The molecule has 4 rings (SSSR count). The monoisotopic (exact) mass is 398 g/mol. The summed E-state index contributed by atoms with van der Waals surface area (Å²) in [5.74, 6) is 0.330. The van der Waals surface area contributed by atoms with E-state index >= 15 is 0 Å². The van der Waals surface area contributed by atoms with Crippen LogP contribution < -0.4 is 4.72 Å². The largest absolute Gasteiger partial charge is 0.341 e. The highest BCUT2D eigenvalue weighted by molar-refractivity contribution is 7.88. The highest BCUT2D eigenvalue weighted by Crippen LogP contribution is 2.61. The van der Waals surface area contributed by atoms with Crippen molar-refractivity contribution in [1.29, 1.82) is 0 Å². The van der Waals surface area contributed by atoms with E-state index in [1.54, 1.807) is 0 Å². The molecule has 1 saturated carbocycles. The molecule has 0 bridgehead atoms. The molecule has 0 radical (unpaired) electrons. The summed E-state index contributed by atoms with van der Waals surface area (Å²) in [6.45, 7) is 3.10. The van der Waals surface area contributed by atoms with Gasteiger partial charge in [0, 0.05) is 19.1 Å². The lowest BCUT2D eigenvalue weighted by molar-refractivity contribution is -0.135. The quantitative estimate of drug-likeness (QED) is 0.842. The molecule has 28 heavy (non-hydrogen) atoms. The Balaban J connectivity index is 1.51. The van der Waals surface area contributed by atoms with E-state index in [0.717, 1.165) is 12.7 Å². The predicted molar refractivity (Wildman–Crippen MR) is 110 cm³/mol. The van der Waals surface area contributed by atoms with E-state index in [-0.39, 0.29) is 17.9 Å². The fourth-order valence-corrected chi connectivity index (χ4v) is 5.24. The molecule has 1 saturated heterocycles. The van der Waals surface area contributed by atoms with Crippen LogP contribution in [-0.2, 0) is 14.8 Å². The van der Waals surface area contributed by atoms with Crippen LogP contribution in [0.2, 0.25) is 0 Å². The first-order chi connectivity index (χ1) is 13.3. The van der Waals surface area contributed by atoms with Gasteiger partial charge in [-0.1, -0.05) is 61.5 Å². The minimum absolute atomic E-state index is 0.137. The maximum Gasteiger partial charge on any atom is 0.229 e. The Morgan fingerprint density at radius 1 is 1.11 bits per heavy atom. The number of hydrogen-bond acceptors (Lipinski definition) is 3. The van der Waals surface area contributed by atoms with Gasteiger partial charge in [-0.2, -0.15) is 0 Å². The van der Waals surface area contributed by atoms with Crippen LogP contribution in [0.25, 0.3) is 11.1 Å². The van der Waals surface area contributed by atoms with Gasteiger partial charge in [-0.3, -0.25) is 4.79 Å². The van der Waals surface area contributed by atoms with E-state index in [2.05, 4.69) is 29.0 Å². The second kappa shape index (κ2) is 7.01. The first kappa shape index (κ1) is 19.2. The molecule has 1 aliphatic heterocycles. The Bertz CT molecular complexity index is 990. The molecule has 2 aromatic carbocycles. The molecule has 0 aromatic heterocycles. The van der Waals surface area contributed by atoms with Crippen molar-refractivity contribution in [1.82, 2.24) is 9.62 Å². The number of carbonyl (C=O) groups excluding carboxylic acids is 1. The Morgan fingerprint density at radius 3 is 2.50 bits per heavy atom. The smallest absolute Gasteiger partial charge is 0.229 e. The van der Waals surface area contributed by atoms with Crippen LogP contribution in [0.3, 0.4) is 0 Å². The molecule has 0 spiro atoms. The summed E-state index contributed by atoms with van der Waals surface area (Å²) in [7, 11) is -3.25. The third kappa shape index (κ3) is 3.71. The van der Waals surface area contributed by atoms with E-state index < -0.39 is 15.4 Å². The number of hydrogen-bond donors (Lipinski definition) is 1. The molecule has 2 aliphatic rings. The van der Waals surface area contributed by atoms with Gasteiger partial charge < -0.3 is 4.90 Å². The molecule has 6 heteroatoms. The molecule has 0 unspecified atom stereocenters. The third-order valence-corrected chi connectivity index (χ3v) is 6.76. The van der Waals surface area contributed by atoms with Crippen molar-refractivity contribution in [3.05, 3.63) is 60.2 Å². The average Bonchev–Trinajstić information content (AvgIpc) is 3.16. The van der Waals surface area contributed by atoms with Crippen molar-refractivity contribution < 1.29 is 13.2 Å². The maximum atomic E-state index is 13.2. The minimum Gasteiger partial charge on any atom is -0.341 e. The number of likely N-dealkylation sites (tertiary alicyclic amines) is 1. The zero-order valence-corrected chi connectivity index (χ0v) is 17.1. The Morgan fingerprint density at radius 2 is 1.79 bits per heavy atom. The molecular weight excluding hydrogens is 372 g/mol. The van der Waals surface area contributed by atoms with Crippen LogP contribution in [0.1, 0.15) is 31.2 Å². The number of nitrogens with one attached hydrogen (secondary N) is 1. The lowest BCUT2D eigenvalue weighted by Crippen LogP contribution is -2.40. The van der Waals surface area contributed by atoms with Crippen LogP contribution in [0.15, 0.2) is 54.6 Å². The summed E-state index contributed by atoms with van der Waals surface area (Å²) < 4.78 is 25.6. The van der Waals surface area contributed by atoms with Crippen LogP contribution in [-0.4, -0.2) is 44.6 Å². The lowest BCUT2D eigenvalue weighted by atomic mass is 9.92. The Hall–Kier alpha value is -2.18. The minimum atomic E-state index is -3.25. The second-order valence-corrected chi connectivity index (χ2v) is 10.0. The van der Waals surface area contributed by atoms with Crippen LogP contribution in [0, 0.1) is 5.41 Å². The highest BCUT2D eigenvalue weighted by Gasteiger charge is 2.58. The lowest BCUT2D eigenvalue weighted by Gasteiger charge is -2.22. The Labute approximate surface area is 166 Å². The molecule has 1 aliphatic carbocycles.